The minimum Gasteiger partial charge on any atom is -0.595 e. The van der Waals surface area contributed by atoms with Crippen LogP contribution in [0.1, 0.15) is 27.7 Å². The van der Waals surface area contributed by atoms with Gasteiger partial charge in [0, 0.05) is 16.7 Å². The summed E-state index contributed by atoms with van der Waals surface area (Å²) in [5.41, 5.74) is -1.05. The Morgan fingerprint density at radius 2 is 1.44 bits per heavy atom. The third kappa shape index (κ3) is 1.97. The Balaban J connectivity index is 1.89. The molecule has 0 amide bonds. The number of halogens is 1. The molecule has 2 saturated heterocycles. The number of thiophene rings is 1. The van der Waals surface area contributed by atoms with Crippen LogP contribution in [-0.2, 0) is 18.9 Å². The molecule has 2 aliphatic heterocycles. The van der Waals surface area contributed by atoms with E-state index in [0.29, 0.717) is 4.78 Å². The minimum atomic E-state index is -2.38. The molecule has 0 radical (unpaired) electrons. The summed E-state index contributed by atoms with van der Waals surface area (Å²) in [4.78, 5) is 26.4. The zero-order valence-electron chi connectivity index (χ0n) is 15.9. The van der Waals surface area contributed by atoms with E-state index in [2.05, 4.69) is 0 Å². The fourth-order valence-electron chi connectivity index (χ4n) is 4.43. The highest BCUT2D eigenvalue weighted by atomic mass is 32.1. The number of hydrogen-bond donors (Lipinski definition) is 0. The summed E-state index contributed by atoms with van der Waals surface area (Å²) in [6, 6.07) is 9.90. The van der Waals surface area contributed by atoms with Gasteiger partial charge in [0.05, 0.1) is 0 Å². The van der Waals surface area contributed by atoms with E-state index in [9.17, 15) is 14.0 Å². The molecule has 5 nitrogen and oxygen atoms in total. The largest absolute Gasteiger partial charge is 0.625 e. The standard InChI is InChI=1S/C19H21BFNO4S/c1-18(2)16(23)25-20(22(18,5)19(3,4)17(24)26-20)15-11-10-14(27-15)12-6-8-13(21)9-7-12/h6-11H,1-5H3. The Morgan fingerprint density at radius 1 is 0.926 bits per heavy atom. The second-order valence-corrected chi connectivity index (χ2v) is 9.50. The summed E-state index contributed by atoms with van der Waals surface area (Å²) in [7, 11) is 1.85. The number of quaternary nitrogens is 1. The van der Waals surface area contributed by atoms with Crippen LogP contribution < -0.4 is 4.78 Å². The lowest BCUT2D eigenvalue weighted by Crippen LogP contribution is -2.77. The third-order valence-electron chi connectivity index (χ3n) is 6.65. The lowest BCUT2D eigenvalue weighted by Gasteiger charge is -2.54. The highest BCUT2D eigenvalue weighted by molar-refractivity contribution is 7.27. The molecule has 8 heteroatoms. The van der Waals surface area contributed by atoms with E-state index in [-0.39, 0.29) is 22.1 Å². The smallest absolute Gasteiger partial charge is 0.595 e. The van der Waals surface area contributed by atoms with Gasteiger partial charge in [0.15, 0.2) is 11.1 Å². The van der Waals surface area contributed by atoms with Crippen LogP contribution in [0.15, 0.2) is 36.4 Å². The molecule has 4 rings (SSSR count). The van der Waals surface area contributed by atoms with E-state index in [0.717, 1.165) is 10.4 Å². The number of benzene rings is 1. The molecule has 3 heterocycles. The number of hydrogen-bond acceptors (Lipinski definition) is 5. The van der Waals surface area contributed by atoms with Crippen molar-refractivity contribution in [1.82, 2.24) is 0 Å². The van der Waals surface area contributed by atoms with Crippen molar-refractivity contribution >= 4 is 34.7 Å². The van der Waals surface area contributed by atoms with E-state index in [1.54, 1.807) is 39.8 Å². The zero-order chi connectivity index (χ0) is 19.8. The van der Waals surface area contributed by atoms with Crippen molar-refractivity contribution in [2.24, 2.45) is 0 Å². The van der Waals surface area contributed by atoms with Crippen LogP contribution in [0, 0.1) is 5.82 Å². The van der Waals surface area contributed by atoms with Gasteiger partial charge in [0.25, 0.3) is 0 Å². The van der Waals surface area contributed by atoms with Crippen LogP contribution in [0.4, 0.5) is 4.39 Å². The molecule has 2 aliphatic rings. The molecule has 27 heavy (non-hydrogen) atoms. The summed E-state index contributed by atoms with van der Waals surface area (Å²) < 4.78 is 25.7. The quantitative estimate of drug-likeness (QED) is 0.742. The highest BCUT2D eigenvalue weighted by Gasteiger charge is 2.80. The number of fused-ring (bicyclic) bond motifs is 1. The average Bonchev–Trinajstić information content (AvgIpc) is 3.19. The summed E-state index contributed by atoms with van der Waals surface area (Å²) >= 11 is 1.40. The van der Waals surface area contributed by atoms with Gasteiger partial charge in [-0.3, -0.25) is 0 Å². The van der Waals surface area contributed by atoms with E-state index >= 15 is 0 Å². The first-order valence-electron chi connectivity index (χ1n) is 8.81. The predicted molar refractivity (Wildman–Crippen MR) is 102 cm³/mol. The van der Waals surface area contributed by atoms with Gasteiger partial charge in [-0.2, -0.15) is 11.3 Å². The minimum absolute atomic E-state index is 0.0288. The van der Waals surface area contributed by atoms with Crippen LogP contribution >= 0.6 is 11.3 Å². The second-order valence-electron chi connectivity index (χ2n) is 8.38. The van der Waals surface area contributed by atoms with Crippen molar-refractivity contribution in [3.63, 3.8) is 0 Å². The molecule has 0 aliphatic carbocycles. The maximum Gasteiger partial charge on any atom is 0.625 e. The van der Waals surface area contributed by atoms with Gasteiger partial charge in [-0.15, -0.1) is 0 Å². The maximum absolute atomic E-state index is 13.2. The van der Waals surface area contributed by atoms with Crippen molar-refractivity contribution in [1.29, 1.82) is 0 Å². The Hall–Kier alpha value is -2.19. The topological polar surface area (TPSA) is 52.6 Å². The molecule has 0 unspecified atom stereocenters. The van der Waals surface area contributed by atoms with Crippen LogP contribution in [0.2, 0.25) is 0 Å². The summed E-state index contributed by atoms with van der Waals surface area (Å²) in [5, 5.41) is 0. The Labute approximate surface area is 161 Å². The fourth-order valence-corrected chi connectivity index (χ4v) is 5.67. The lowest BCUT2D eigenvalue weighted by molar-refractivity contribution is -0.885. The van der Waals surface area contributed by atoms with Gasteiger partial charge in [-0.25, -0.2) is 14.0 Å². The first-order valence-corrected chi connectivity index (χ1v) is 9.62. The SMILES string of the molecule is CC1(C)C(=O)O[B-]2(c3ccc(-c4ccc(F)cc4)s3)OC(=O)C(C)(C)[N+]21C. The van der Waals surface area contributed by atoms with Crippen molar-refractivity contribution in [2.45, 2.75) is 38.8 Å². The molecule has 0 bridgehead atoms. The number of rotatable bonds is 2. The fraction of sp³-hybridized carbons (Fsp3) is 0.368. The van der Waals surface area contributed by atoms with Crippen LogP contribution in [0.5, 0.6) is 0 Å². The van der Waals surface area contributed by atoms with Crippen LogP contribution in [0.25, 0.3) is 10.4 Å². The highest BCUT2D eigenvalue weighted by Crippen LogP contribution is 2.52. The predicted octanol–water partition coefficient (Wildman–Crippen LogP) is 2.82. The summed E-state index contributed by atoms with van der Waals surface area (Å²) in [6.07, 6.45) is 0. The molecule has 0 saturated carbocycles. The molecule has 1 aromatic heterocycles. The van der Waals surface area contributed by atoms with E-state index in [4.69, 9.17) is 9.31 Å². The normalized spacial score (nSPS) is 30.7. The van der Waals surface area contributed by atoms with Gasteiger partial charge in [0.1, 0.15) is 5.82 Å². The molecule has 0 spiro atoms. The van der Waals surface area contributed by atoms with Crippen molar-refractivity contribution in [3.8, 4) is 10.4 Å². The molecule has 1 aromatic carbocycles. The lowest BCUT2D eigenvalue weighted by atomic mass is 9.62. The molecule has 2 aromatic rings. The van der Waals surface area contributed by atoms with Crippen molar-refractivity contribution in [2.75, 3.05) is 7.05 Å². The van der Waals surface area contributed by atoms with Crippen molar-refractivity contribution in [3.05, 3.63) is 42.2 Å². The Kier molecular flexibility index (Phi) is 3.50. The maximum atomic E-state index is 13.2. The van der Waals surface area contributed by atoms with Crippen LogP contribution in [-0.4, -0.2) is 41.1 Å². The van der Waals surface area contributed by atoms with E-state index < -0.39 is 17.8 Å². The average molecular weight is 389 g/mol. The first-order chi connectivity index (χ1) is 12.5. The molecule has 142 valence electrons. The zero-order valence-corrected chi connectivity index (χ0v) is 16.7. The molecular formula is C19H21BFNO4S. The molecular weight excluding hydrogens is 368 g/mol. The monoisotopic (exact) mass is 389 g/mol. The second kappa shape index (κ2) is 5.20. The van der Waals surface area contributed by atoms with Gasteiger partial charge in [-0.1, -0.05) is 18.2 Å². The van der Waals surface area contributed by atoms with E-state index in [1.165, 1.54) is 23.5 Å². The van der Waals surface area contributed by atoms with Gasteiger partial charge >= 0.3 is 18.6 Å². The molecule has 0 N–H and O–H groups in total. The van der Waals surface area contributed by atoms with Crippen molar-refractivity contribution < 1.29 is 27.7 Å². The number of likely N-dealkylation sites (N-methyl/N-ethyl adjacent to an activating group) is 1. The Bertz CT molecular complexity index is 936. The number of carbonyl (C=O) groups excluding carboxylic acids is 2. The van der Waals surface area contributed by atoms with Gasteiger partial charge in [0.2, 0.25) is 0 Å². The first kappa shape index (κ1) is 18.2. The molecule has 2 fully saturated rings. The van der Waals surface area contributed by atoms with E-state index in [1.807, 2.05) is 19.2 Å². The van der Waals surface area contributed by atoms with Gasteiger partial charge < -0.3 is 13.7 Å². The Morgan fingerprint density at radius 3 is 1.96 bits per heavy atom. The molecule has 0 atom stereocenters. The summed E-state index contributed by atoms with van der Waals surface area (Å²) in [5.74, 6) is -1.08. The van der Waals surface area contributed by atoms with Gasteiger partial charge in [-0.05, 0) is 51.5 Å². The third-order valence-corrected chi connectivity index (χ3v) is 7.91. The van der Waals surface area contributed by atoms with Crippen LogP contribution in [0.3, 0.4) is 0 Å². The number of nitrogens with zero attached hydrogens (tertiary/aromatic N) is 1. The summed E-state index contributed by atoms with van der Waals surface area (Å²) in [6.45, 7) is 4.77. The number of carbonyl (C=O) groups is 2.